The van der Waals surface area contributed by atoms with Crippen LogP contribution in [0, 0.1) is 17.3 Å². The van der Waals surface area contributed by atoms with E-state index < -0.39 is 11.4 Å². The molecular formula is C15H18O2. The van der Waals surface area contributed by atoms with Gasteiger partial charge >= 0.3 is 5.97 Å². The zero-order valence-corrected chi connectivity index (χ0v) is 9.93. The van der Waals surface area contributed by atoms with E-state index >= 15 is 0 Å². The highest BCUT2D eigenvalue weighted by atomic mass is 16.4. The molecule has 1 aromatic rings. The number of carboxylic acids is 1. The van der Waals surface area contributed by atoms with Gasteiger partial charge in [0.2, 0.25) is 0 Å². The monoisotopic (exact) mass is 230 g/mol. The summed E-state index contributed by atoms with van der Waals surface area (Å²) in [6.07, 6.45) is 5.10. The second-order valence-electron chi connectivity index (χ2n) is 5.70. The maximum Gasteiger partial charge on any atom is 0.310 e. The zero-order valence-electron chi connectivity index (χ0n) is 9.93. The molecule has 1 aromatic carbocycles. The molecule has 2 bridgehead atoms. The van der Waals surface area contributed by atoms with Crippen LogP contribution in [0.4, 0.5) is 0 Å². The van der Waals surface area contributed by atoms with Crippen LogP contribution in [0.5, 0.6) is 0 Å². The molecule has 0 amide bonds. The van der Waals surface area contributed by atoms with Crippen molar-refractivity contribution in [1.29, 1.82) is 0 Å². The molecule has 2 fully saturated rings. The number of aliphatic carboxylic acids is 1. The standard InChI is InChI=1S/C15H18O2/c16-14(17)15(9-11-4-2-1-3-5-11)10-12-6-7-13(15)8-12/h1-5,12-13H,6-10H2,(H,16,17)/t12-,13+,15+/m0/s1. The fourth-order valence-corrected chi connectivity index (χ4v) is 3.96. The Hall–Kier alpha value is -1.31. The third-order valence-electron chi connectivity index (χ3n) is 4.76. The molecule has 2 aliphatic carbocycles. The number of benzene rings is 1. The van der Waals surface area contributed by atoms with Crippen LogP contribution in [0.2, 0.25) is 0 Å². The molecule has 17 heavy (non-hydrogen) atoms. The summed E-state index contributed by atoms with van der Waals surface area (Å²) in [6.45, 7) is 0. The predicted molar refractivity (Wildman–Crippen MR) is 65.7 cm³/mol. The van der Waals surface area contributed by atoms with Crippen molar-refractivity contribution in [2.24, 2.45) is 17.3 Å². The Labute approximate surface area is 102 Å². The maximum atomic E-state index is 11.7. The highest BCUT2D eigenvalue weighted by Gasteiger charge is 2.55. The van der Waals surface area contributed by atoms with E-state index in [1.807, 2.05) is 18.2 Å². The fourth-order valence-electron chi connectivity index (χ4n) is 3.96. The first-order chi connectivity index (χ1) is 8.21. The van der Waals surface area contributed by atoms with E-state index in [1.54, 1.807) is 0 Å². The van der Waals surface area contributed by atoms with Crippen molar-refractivity contribution in [3.63, 3.8) is 0 Å². The average Bonchev–Trinajstić information content (AvgIpc) is 2.91. The smallest absolute Gasteiger partial charge is 0.310 e. The minimum absolute atomic E-state index is 0.408. The third kappa shape index (κ3) is 1.67. The molecule has 0 aromatic heterocycles. The largest absolute Gasteiger partial charge is 0.481 e. The second-order valence-corrected chi connectivity index (χ2v) is 5.70. The van der Waals surface area contributed by atoms with E-state index in [2.05, 4.69) is 12.1 Å². The second kappa shape index (κ2) is 3.86. The van der Waals surface area contributed by atoms with Crippen LogP contribution >= 0.6 is 0 Å². The lowest BCUT2D eigenvalue weighted by atomic mass is 9.69. The van der Waals surface area contributed by atoms with Crippen molar-refractivity contribution in [1.82, 2.24) is 0 Å². The van der Waals surface area contributed by atoms with Crippen LogP contribution in [0.15, 0.2) is 30.3 Å². The topological polar surface area (TPSA) is 37.3 Å². The number of carboxylic acid groups (broad SMARTS) is 1. The van der Waals surface area contributed by atoms with Crippen LogP contribution in [-0.2, 0) is 11.2 Å². The quantitative estimate of drug-likeness (QED) is 0.866. The lowest BCUT2D eigenvalue weighted by Crippen LogP contribution is -2.38. The summed E-state index contributed by atoms with van der Waals surface area (Å²) in [5, 5.41) is 9.65. The number of rotatable bonds is 3. The van der Waals surface area contributed by atoms with Crippen LogP contribution in [0.1, 0.15) is 31.2 Å². The minimum atomic E-state index is -0.575. The van der Waals surface area contributed by atoms with Gasteiger partial charge in [-0.05, 0) is 43.1 Å². The predicted octanol–water partition coefficient (Wildman–Crippen LogP) is 3.12. The SMILES string of the molecule is O=C(O)[C@]1(Cc2ccccc2)C[C@H]2CC[C@@H]1C2. The molecule has 1 N–H and O–H groups in total. The van der Waals surface area contributed by atoms with Crippen molar-refractivity contribution in [2.75, 3.05) is 0 Å². The Morgan fingerprint density at radius 3 is 2.59 bits per heavy atom. The number of hydrogen-bond donors (Lipinski definition) is 1. The minimum Gasteiger partial charge on any atom is -0.481 e. The highest BCUT2D eigenvalue weighted by Crippen LogP contribution is 2.57. The number of fused-ring (bicyclic) bond motifs is 2. The van der Waals surface area contributed by atoms with Gasteiger partial charge in [0.05, 0.1) is 5.41 Å². The summed E-state index contributed by atoms with van der Waals surface area (Å²) in [6, 6.07) is 10.1. The molecule has 0 aliphatic heterocycles. The summed E-state index contributed by atoms with van der Waals surface area (Å²) < 4.78 is 0. The van der Waals surface area contributed by atoms with Gasteiger partial charge in [0.15, 0.2) is 0 Å². The van der Waals surface area contributed by atoms with Gasteiger partial charge in [0.1, 0.15) is 0 Å². The first-order valence-corrected chi connectivity index (χ1v) is 6.48. The highest BCUT2D eigenvalue weighted by molar-refractivity contribution is 5.76. The van der Waals surface area contributed by atoms with Crippen molar-refractivity contribution in [2.45, 2.75) is 32.1 Å². The summed E-state index contributed by atoms with van der Waals surface area (Å²) in [4.78, 5) is 11.7. The van der Waals surface area contributed by atoms with Crippen molar-refractivity contribution < 1.29 is 9.90 Å². The summed E-state index contributed by atoms with van der Waals surface area (Å²) in [7, 11) is 0. The molecule has 0 spiro atoms. The Morgan fingerprint density at radius 2 is 2.06 bits per heavy atom. The molecule has 2 saturated carbocycles. The van der Waals surface area contributed by atoms with Gasteiger partial charge in [-0.15, -0.1) is 0 Å². The summed E-state index contributed by atoms with van der Waals surface area (Å²) in [5.74, 6) is 0.499. The summed E-state index contributed by atoms with van der Waals surface area (Å²) in [5.41, 5.74) is 0.701. The average molecular weight is 230 g/mol. The Morgan fingerprint density at radius 1 is 1.29 bits per heavy atom. The lowest BCUT2D eigenvalue weighted by Gasteiger charge is -2.33. The van der Waals surface area contributed by atoms with Gasteiger partial charge in [-0.1, -0.05) is 36.8 Å². The van der Waals surface area contributed by atoms with Crippen molar-refractivity contribution >= 4 is 5.97 Å². The van der Waals surface area contributed by atoms with Crippen molar-refractivity contribution in [3.8, 4) is 0 Å². The van der Waals surface area contributed by atoms with E-state index in [-0.39, 0.29) is 0 Å². The van der Waals surface area contributed by atoms with Crippen LogP contribution in [0.25, 0.3) is 0 Å². The van der Waals surface area contributed by atoms with Crippen LogP contribution in [0.3, 0.4) is 0 Å². The van der Waals surface area contributed by atoms with Gasteiger partial charge in [-0.2, -0.15) is 0 Å². The molecule has 2 nitrogen and oxygen atoms in total. The van der Waals surface area contributed by atoms with E-state index in [0.29, 0.717) is 18.3 Å². The van der Waals surface area contributed by atoms with Gasteiger partial charge < -0.3 is 5.11 Å². The number of carbonyl (C=O) groups is 1. The molecule has 0 radical (unpaired) electrons. The summed E-state index contributed by atoms with van der Waals surface area (Å²) >= 11 is 0. The lowest BCUT2D eigenvalue weighted by molar-refractivity contribution is -0.152. The zero-order chi connectivity index (χ0) is 11.9. The normalized spacial score (nSPS) is 35.1. The van der Waals surface area contributed by atoms with Gasteiger partial charge in [0.25, 0.3) is 0 Å². The first kappa shape index (κ1) is 10.8. The Kier molecular flexibility index (Phi) is 2.46. The molecule has 3 atom stereocenters. The maximum absolute atomic E-state index is 11.7. The fraction of sp³-hybridized carbons (Fsp3) is 0.533. The van der Waals surface area contributed by atoms with E-state index in [4.69, 9.17) is 0 Å². The Bertz CT molecular complexity index is 426. The molecule has 0 unspecified atom stereocenters. The Balaban J connectivity index is 1.89. The van der Waals surface area contributed by atoms with Crippen LogP contribution < -0.4 is 0 Å². The van der Waals surface area contributed by atoms with E-state index in [1.165, 1.54) is 12.0 Å². The first-order valence-electron chi connectivity index (χ1n) is 6.48. The third-order valence-corrected chi connectivity index (χ3v) is 4.76. The molecule has 0 saturated heterocycles. The van der Waals surface area contributed by atoms with Gasteiger partial charge in [-0.25, -0.2) is 0 Å². The van der Waals surface area contributed by atoms with Gasteiger partial charge in [-0.3, -0.25) is 4.79 Å². The van der Waals surface area contributed by atoms with Gasteiger partial charge in [0, 0.05) is 0 Å². The molecule has 0 heterocycles. The van der Waals surface area contributed by atoms with Crippen molar-refractivity contribution in [3.05, 3.63) is 35.9 Å². The molecule has 2 heteroatoms. The molecule has 2 aliphatic rings. The molecule has 90 valence electrons. The van der Waals surface area contributed by atoms with E-state index in [9.17, 15) is 9.90 Å². The molecular weight excluding hydrogens is 212 g/mol. The number of hydrogen-bond acceptors (Lipinski definition) is 1. The van der Waals surface area contributed by atoms with E-state index in [0.717, 1.165) is 19.3 Å². The molecule has 3 rings (SSSR count). The van der Waals surface area contributed by atoms with Crippen LogP contribution in [-0.4, -0.2) is 11.1 Å².